The fraction of sp³-hybridized carbons (Fsp3) is 0.769. The van der Waals surface area contributed by atoms with Gasteiger partial charge in [0.2, 0.25) is 0 Å². The van der Waals surface area contributed by atoms with Crippen LogP contribution in [0.5, 0.6) is 0 Å². The van der Waals surface area contributed by atoms with Crippen molar-refractivity contribution in [3.8, 4) is 0 Å². The molecule has 0 nitrogen and oxygen atoms in total. The Kier molecular flexibility index (Phi) is 3.80. The summed E-state index contributed by atoms with van der Waals surface area (Å²) in [7, 11) is 0. The second-order valence-corrected chi connectivity index (χ2v) is 8.26. The molecule has 0 saturated heterocycles. The second kappa shape index (κ2) is 4.91. The number of rotatable bonds is 1. The van der Waals surface area contributed by atoms with Crippen LogP contribution in [-0.4, -0.2) is 7.94 Å². The SMILES string of the molecule is CC1=IC[C@@H](C2CCC(C)CC2)C=C1. The summed E-state index contributed by atoms with van der Waals surface area (Å²) in [5, 5.41) is 0. The summed E-state index contributed by atoms with van der Waals surface area (Å²) >= 11 is 0.403. The summed E-state index contributed by atoms with van der Waals surface area (Å²) in [6.07, 6.45) is 10.9. The van der Waals surface area contributed by atoms with Gasteiger partial charge in [0, 0.05) is 4.43 Å². The lowest BCUT2D eigenvalue weighted by Gasteiger charge is -2.31. The van der Waals surface area contributed by atoms with E-state index in [9.17, 15) is 0 Å². The summed E-state index contributed by atoms with van der Waals surface area (Å²) in [4.78, 5) is 0. The summed E-state index contributed by atoms with van der Waals surface area (Å²) in [6.45, 7) is 4.72. The first-order valence-electron chi connectivity index (χ1n) is 5.86. The Labute approximate surface area is 97.9 Å². The van der Waals surface area contributed by atoms with Gasteiger partial charge in [-0.05, 0) is 41.0 Å². The molecule has 0 aromatic carbocycles. The van der Waals surface area contributed by atoms with Gasteiger partial charge in [-0.2, -0.15) is 0 Å². The van der Waals surface area contributed by atoms with Crippen molar-refractivity contribution >= 4 is 24.2 Å². The number of allylic oxidation sites excluding steroid dienone is 2. The molecule has 0 aromatic rings. The zero-order chi connectivity index (χ0) is 9.97. The highest BCUT2D eigenvalue weighted by atomic mass is 127. The lowest BCUT2D eigenvalue weighted by atomic mass is 9.77. The zero-order valence-electron chi connectivity index (χ0n) is 9.30. The van der Waals surface area contributed by atoms with Crippen LogP contribution in [0.15, 0.2) is 12.2 Å². The molecule has 1 fully saturated rings. The minimum absolute atomic E-state index is 0.403. The van der Waals surface area contributed by atoms with Crippen molar-refractivity contribution < 1.29 is 0 Å². The summed E-state index contributed by atoms with van der Waals surface area (Å²) < 4.78 is 3.21. The fourth-order valence-electron chi connectivity index (χ4n) is 2.56. The molecule has 2 aliphatic rings. The van der Waals surface area contributed by atoms with Gasteiger partial charge in [-0.1, -0.05) is 31.9 Å². The van der Waals surface area contributed by atoms with Crippen LogP contribution >= 0.6 is 20.7 Å². The third-order valence-electron chi connectivity index (χ3n) is 3.71. The first-order chi connectivity index (χ1) is 6.75. The molecular formula is C13H21I. The van der Waals surface area contributed by atoms with Crippen molar-refractivity contribution in [2.24, 2.45) is 17.8 Å². The van der Waals surface area contributed by atoms with E-state index in [1.165, 1.54) is 30.1 Å². The molecule has 0 spiro atoms. The zero-order valence-corrected chi connectivity index (χ0v) is 11.5. The predicted octanol–water partition coefficient (Wildman–Crippen LogP) is 4.16. The van der Waals surface area contributed by atoms with Gasteiger partial charge in [-0.3, -0.25) is 0 Å². The Morgan fingerprint density at radius 1 is 1.21 bits per heavy atom. The molecule has 1 saturated carbocycles. The Balaban J connectivity index is 1.88. The third kappa shape index (κ3) is 2.68. The van der Waals surface area contributed by atoms with Gasteiger partial charge in [0.05, 0.1) is 0 Å². The molecule has 14 heavy (non-hydrogen) atoms. The van der Waals surface area contributed by atoms with Crippen LogP contribution in [0.3, 0.4) is 0 Å². The van der Waals surface area contributed by atoms with Gasteiger partial charge in [-0.25, -0.2) is 0 Å². The monoisotopic (exact) mass is 304 g/mol. The molecule has 1 heterocycles. The van der Waals surface area contributed by atoms with E-state index in [4.69, 9.17) is 0 Å². The van der Waals surface area contributed by atoms with Crippen molar-refractivity contribution in [1.82, 2.24) is 0 Å². The van der Waals surface area contributed by atoms with Crippen LogP contribution in [0.2, 0.25) is 0 Å². The molecule has 1 heteroatoms. The molecule has 1 aliphatic carbocycles. The normalized spacial score (nSPS) is 38.7. The van der Waals surface area contributed by atoms with Crippen LogP contribution in [0, 0.1) is 17.8 Å². The maximum atomic E-state index is 2.51. The van der Waals surface area contributed by atoms with E-state index < -0.39 is 0 Å². The van der Waals surface area contributed by atoms with Crippen LogP contribution < -0.4 is 0 Å². The quantitative estimate of drug-likeness (QED) is 0.504. The standard InChI is InChI=1S/C13H21I/c1-10-3-6-12(7-4-10)13-8-5-11(2)14-9-13/h5,8,10,12-13H,3-4,6-7,9H2,1-2H3/t10?,12?,13-/m0/s1. The third-order valence-corrected chi connectivity index (χ3v) is 6.73. The molecule has 0 bridgehead atoms. The molecule has 0 unspecified atom stereocenters. The first-order valence-corrected chi connectivity index (χ1v) is 8.47. The smallest absolute Gasteiger partial charge is 0.00158 e. The molecule has 2 rings (SSSR count). The molecule has 80 valence electrons. The number of hydrogen-bond acceptors (Lipinski definition) is 0. The molecule has 1 aliphatic heterocycles. The van der Waals surface area contributed by atoms with Gasteiger partial charge in [0.15, 0.2) is 0 Å². The van der Waals surface area contributed by atoms with Crippen molar-refractivity contribution in [2.45, 2.75) is 39.5 Å². The fourth-order valence-corrected chi connectivity index (χ4v) is 5.24. The maximum Gasteiger partial charge on any atom is 0.00158 e. The highest BCUT2D eigenvalue weighted by Gasteiger charge is 2.24. The number of hydrogen-bond donors (Lipinski definition) is 0. The highest BCUT2D eigenvalue weighted by Crippen LogP contribution is 2.36. The van der Waals surface area contributed by atoms with Gasteiger partial charge < -0.3 is 0 Å². The Morgan fingerprint density at radius 2 is 1.93 bits per heavy atom. The number of alkyl halides is 1. The first kappa shape index (κ1) is 10.8. The predicted molar refractivity (Wildman–Crippen MR) is 73.3 cm³/mol. The topological polar surface area (TPSA) is 0 Å². The highest BCUT2D eigenvalue weighted by molar-refractivity contribution is 14.2. The van der Waals surface area contributed by atoms with E-state index >= 15 is 0 Å². The van der Waals surface area contributed by atoms with Crippen LogP contribution in [0.1, 0.15) is 39.5 Å². The summed E-state index contributed by atoms with van der Waals surface area (Å²) in [5.74, 6) is 3.00. The Hall–Kier alpha value is 0.340. The van der Waals surface area contributed by atoms with Crippen LogP contribution in [0.25, 0.3) is 0 Å². The molecule has 0 N–H and O–H groups in total. The lowest BCUT2D eigenvalue weighted by molar-refractivity contribution is 0.253. The minimum Gasteiger partial charge on any atom is -0.119 e. The van der Waals surface area contributed by atoms with Crippen LogP contribution in [-0.2, 0) is 0 Å². The summed E-state index contributed by atoms with van der Waals surface area (Å²) in [6, 6.07) is 0. The van der Waals surface area contributed by atoms with Crippen molar-refractivity contribution in [3.63, 3.8) is 0 Å². The van der Waals surface area contributed by atoms with E-state index in [-0.39, 0.29) is 0 Å². The molecule has 0 aromatic heterocycles. The van der Waals surface area contributed by atoms with Gasteiger partial charge >= 0.3 is 0 Å². The van der Waals surface area contributed by atoms with Crippen molar-refractivity contribution in [3.05, 3.63) is 12.2 Å². The van der Waals surface area contributed by atoms with E-state index in [2.05, 4.69) is 26.0 Å². The lowest BCUT2D eigenvalue weighted by Crippen LogP contribution is -2.21. The second-order valence-electron chi connectivity index (χ2n) is 4.92. The van der Waals surface area contributed by atoms with E-state index in [1.54, 1.807) is 3.51 Å². The van der Waals surface area contributed by atoms with E-state index in [1.807, 2.05) is 0 Å². The van der Waals surface area contributed by atoms with Gasteiger partial charge in [-0.15, -0.1) is 20.7 Å². The largest absolute Gasteiger partial charge is 0.119 e. The van der Waals surface area contributed by atoms with E-state index in [0.29, 0.717) is 20.7 Å². The van der Waals surface area contributed by atoms with Gasteiger partial charge in [0.25, 0.3) is 0 Å². The van der Waals surface area contributed by atoms with E-state index in [0.717, 1.165) is 17.8 Å². The Bertz CT molecular complexity index is 244. The molecule has 0 radical (unpaired) electrons. The van der Waals surface area contributed by atoms with Crippen molar-refractivity contribution in [1.29, 1.82) is 0 Å². The molecular weight excluding hydrogens is 283 g/mol. The van der Waals surface area contributed by atoms with Crippen molar-refractivity contribution in [2.75, 3.05) is 4.43 Å². The molecule has 1 atom stereocenters. The minimum atomic E-state index is 0.403. The Morgan fingerprint density at radius 3 is 2.50 bits per heavy atom. The van der Waals surface area contributed by atoms with Crippen LogP contribution in [0.4, 0.5) is 0 Å². The average Bonchev–Trinajstić information content (AvgIpc) is 2.21. The maximum absolute atomic E-state index is 2.51. The molecule has 0 amide bonds. The average molecular weight is 304 g/mol. The summed E-state index contributed by atoms with van der Waals surface area (Å²) in [5.41, 5.74) is 0. The number of halogens is 1. The van der Waals surface area contributed by atoms with Gasteiger partial charge in [0.1, 0.15) is 0 Å².